The van der Waals surface area contributed by atoms with Gasteiger partial charge in [-0.25, -0.2) is 0 Å². The van der Waals surface area contributed by atoms with Crippen molar-refractivity contribution in [3.05, 3.63) is 77.2 Å². The second-order valence-electron chi connectivity index (χ2n) is 7.04. The maximum absolute atomic E-state index is 12.4. The van der Waals surface area contributed by atoms with E-state index in [1.165, 1.54) is 0 Å². The Morgan fingerprint density at radius 1 is 1.10 bits per heavy atom. The Balaban J connectivity index is 1.53. The number of carbonyl (C=O) groups is 2. The Hall–Kier alpha value is -3.61. The fourth-order valence-corrected chi connectivity index (χ4v) is 2.70. The molecule has 1 atom stereocenters. The van der Waals surface area contributed by atoms with Gasteiger partial charge in [-0.3, -0.25) is 9.59 Å². The Kier molecular flexibility index (Phi) is 6.85. The summed E-state index contributed by atoms with van der Waals surface area (Å²) < 4.78 is 10.8. The molecule has 1 heterocycles. The quantitative estimate of drug-likeness (QED) is 0.579. The monoisotopic (exact) mass is 407 g/mol. The summed E-state index contributed by atoms with van der Waals surface area (Å²) in [5.41, 5.74) is 2.44. The maximum atomic E-state index is 12.4. The summed E-state index contributed by atoms with van der Waals surface area (Å²) in [5.74, 6) is 0.617. The highest BCUT2D eigenvalue weighted by Gasteiger charge is 2.14. The van der Waals surface area contributed by atoms with Gasteiger partial charge in [0.15, 0.2) is 11.5 Å². The molecule has 2 amide bonds. The highest BCUT2D eigenvalue weighted by Crippen LogP contribution is 2.19. The number of ether oxygens (including phenoxy) is 1. The summed E-state index contributed by atoms with van der Waals surface area (Å²) in [4.78, 5) is 24.4. The van der Waals surface area contributed by atoms with E-state index < -0.39 is 0 Å². The van der Waals surface area contributed by atoms with Crippen LogP contribution in [0.5, 0.6) is 5.75 Å². The number of anilines is 1. The summed E-state index contributed by atoms with van der Waals surface area (Å²) in [6.45, 7) is 5.95. The number of hydrogen-bond acceptors (Lipinski definition) is 5. The number of aromatic nitrogens is 1. The third kappa shape index (κ3) is 5.47. The smallest absolute Gasteiger partial charge is 0.273 e. The molecule has 3 aromatic rings. The Bertz CT molecular complexity index is 1010. The lowest BCUT2D eigenvalue weighted by Crippen LogP contribution is -2.32. The van der Waals surface area contributed by atoms with E-state index in [4.69, 9.17) is 9.26 Å². The zero-order valence-electron chi connectivity index (χ0n) is 17.3. The van der Waals surface area contributed by atoms with Crippen molar-refractivity contribution in [1.29, 1.82) is 0 Å². The molecule has 0 aliphatic rings. The molecule has 0 fully saturated rings. The summed E-state index contributed by atoms with van der Waals surface area (Å²) in [6, 6.07) is 16.1. The molecular formula is C23H25N3O4. The number of nitrogens with one attached hydrogen (secondary N) is 2. The van der Waals surface area contributed by atoms with Crippen molar-refractivity contribution in [1.82, 2.24) is 10.5 Å². The van der Waals surface area contributed by atoms with Crippen molar-refractivity contribution >= 4 is 17.5 Å². The number of carbonyl (C=O) groups excluding carboxylic acids is 2. The van der Waals surface area contributed by atoms with Gasteiger partial charge in [-0.2, -0.15) is 0 Å². The van der Waals surface area contributed by atoms with Crippen LogP contribution < -0.4 is 15.4 Å². The van der Waals surface area contributed by atoms with Crippen molar-refractivity contribution in [3.63, 3.8) is 0 Å². The number of amides is 2. The predicted octanol–water partition coefficient (Wildman–Crippen LogP) is 4.34. The summed E-state index contributed by atoms with van der Waals surface area (Å²) in [5, 5.41) is 9.49. The second kappa shape index (κ2) is 9.73. The summed E-state index contributed by atoms with van der Waals surface area (Å²) in [7, 11) is 0. The molecule has 0 saturated heterocycles. The van der Waals surface area contributed by atoms with Gasteiger partial charge in [0.2, 0.25) is 0 Å². The first-order valence-electron chi connectivity index (χ1n) is 9.82. The molecule has 156 valence electrons. The first kappa shape index (κ1) is 21.1. The zero-order valence-corrected chi connectivity index (χ0v) is 17.3. The molecule has 2 N–H and O–H groups in total. The van der Waals surface area contributed by atoms with Gasteiger partial charge in [0.1, 0.15) is 12.4 Å². The number of benzene rings is 2. The van der Waals surface area contributed by atoms with Crippen LogP contribution in [0.3, 0.4) is 0 Å². The standard InChI is InChI=1S/C23H25N3O4/c1-4-16(3)24-23(28)21-13-19(30-26-21)14-29-18-11-9-17(10-12-18)25-22(27)20-8-6-5-7-15(20)2/h5-13,16H,4,14H2,1-3H3,(H,24,28)(H,25,27). The number of aryl methyl sites for hydroxylation is 1. The first-order chi connectivity index (χ1) is 14.5. The minimum Gasteiger partial charge on any atom is -0.486 e. The van der Waals surface area contributed by atoms with Crippen LogP contribution in [0.2, 0.25) is 0 Å². The Morgan fingerprint density at radius 3 is 2.53 bits per heavy atom. The predicted molar refractivity (Wildman–Crippen MR) is 114 cm³/mol. The molecule has 7 heteroatoms. The van der Waals surface area contributed by atoms with Gasteiger partial charge in [-0.1, -0.05) is 30.3 Å². The maximum Gasteiger partial charge on any atom is 0.273 e. The van der Waals surface area contributed by atoms with Crippen LogP contribution in [0.1, 0.15) is 52.4 Å². The van der Waals surface area contributed by atoms with Gasteiger partial charge in [0, 0.05) is 23.4 Å². The molecule has 7 nitrogen and oxygen atoms in total. The van der Waals surface area contributed by atoms with Crippen molar-refractivity contribution in [2.45, 2.75) is 39.8 Å². The average molecular weight is 407 g/mol. The third-order valence-electron chi connectivity index (χ3n) is 4.66. The van der Waals surface area contributed by atoms with E-state index in [-0.39, 0.29) is 30.2 Å². The third-order valence-corrected chi connectivity index (χ3v) is 4.66. The van der Waals surface area contributed by atoms with Gasteiger partial charge in [0.05, 0.1) is 0 Å². The lowest BCUT2D eigenvalue weighted by atomic mass is 10.1. The lowest BCUT2D eigenvalue weighted by Gasteiger charge is -2.09. The van der Waals surface area contributed by atoms with E-state index in [1.54, 1.807) is 36.4 Å². The number of nitrogens with zero attached hydrogens (tertiary/aromatic N) is 1. The molecule has 3 rings (SSSR count). The van der Waals surface area contributed by atoms with E-state index in [9.17, 15) is 9.59 Å². The fourth-order valence-electron chi connectivity index (χ4n) is 2.70. The first-order valence-corrected chi connectivity index (χ1v) is 9.82. The van der Waals surface area contributed by atoms with E-state index in [1.807, 2.05) is 39.0 Å². The molecule has 0 radical (unpaired) electrons. The van der Waals surface area contributed by atoms with E-state index in [0.29, 0.717) is 22.8 Å². The SMILES string of the molecule is CCC(C)NC(=O)c1cc(COc2ccc(NC(=O)c3ccccc3C)cc2)on1. The fraction of sp³-hybridized carbons (Fsp3) is 0.261. The molecule has 0 saturated carbocycles. The van der Waals surface area contributed by atoms with Gasteiger partial charge in [0.25, 0.3) is 11.8 Å². The Morgan fingerprint density at radius 2 is 1.83 bits per heavy atom. The van der Waals surface area contributed by atoms with Gasteiger partial charge >= 0.3 is 0 Å². The van der Waals surface area contributed by atoms with E-state index >= 15 is 0 Å². The zero-order chi connectivity index (χ0) is 21.5. The van der Waals surface area contributed by atoms with Gasteiger partial charge in [-0.15, -0.1) is 0 Å². The van der Waals surface area contributed by atoms with Crippen LogP contribution in [0, 0.1) is 6.92 Å². The lowest BCUT2D eigenvalue weighted by molar-refractivity contribution is 0.0929. The molecule has 0 bridgehead atoms. The van der Waals surface area contributed by atoms with Crippen LogP contribution in [0.25, 0.3) is 0 Å². The number of hydrogen-bond donors (Lipinski definition) is 2. The molecule has 0 aliphatic carbocycles. The molecule has 0 spiro atoms. The van der Waals surface area contributed by atoms with E-state index in [2.05, 4.69) is 15.8 Å². The van der Waals surface area contributed by atoms with Crippen LogP contribution in [-0.4, -0.2) is 23.0 Å². The molecular weight excluding hydrogens is 382 g/mol. The minimum absolute atomic E-state index is 0.0683. The van der Waals surface area contributed by atoms with E-state index in [0.717, 1.165) is 12.0 Å². The van der Waals surface area contributed by atoms with Crippen LogP contribution in [0.15, 0.2) is 59.1 Å². The molecule has 1 aromatic heterocycles. The molecule has 30 heavy (non-hydrogen) atoms. The molecule has 1 unspecified atom stereocenters. The number of rotatable bonds is 8. The van der Waals surface area contributed by atoms with Crippen LogP contribution >= 0.6 is 0 Å². The van der Waals surface area contributed by atoms with Gasteiger partial charge in [-0.05, 0) is 56.2 Å². The van der Waals surface area contributed by atoms with Crippen LogP contribution in [-0.2, 0) is 6.61 Å². The topological polar surface area (TPSA) is 93.5 Å². The summed E-state index contributed by atoms with van der Waals surface area (Å²) in [6.07, 6.45) is 0.834. The van der Waals surface area contributed by atoms with Crippen molar-refractivity contribution in [2.24, 2.45) is 0 Å². The normalized spacial score (nSPS) is 11.6. The molecule has 2 aromatic carbocycles. The van der Waals surface area contributed by atoms with Crippen molar-refractivity contribution in [3.8, 4) is 5.75 Å². The van der Waals surface area contributed by atoms with Crippen molar-refractivity contribution < 1.29 is 18.8 Å². The molecule has 0 aliphatic heterocycles. The minimum atomic E-state index is -0.270. The largest absolute Gasteiger partial charge is 0.486 e. The highest BCUT2D eigenvalue weighted by atomic mass is 16.5. The summed E-state index contributed by atoms with van der Waals surface area (Å²) >= 11 is 0. The van der Waals surface area contributed by atoms with Gasteiger partial charge < -0.3 is 19.9 Å². The van der Waals surface area contributed by atoms with Crippen molar-refractivity contribution in [2.75, 3.05) is 5.32 Å². The van der Waals surface area contributed by atoms with Crippen LogP contribution in [0.4, 0.5) is 5.69 Å². The highest BCUT2D eigenvalue weighted by molar-refractivity contribution is 6.05. The second-order valence-corrected chi connectivity index (χ2v) is 7.04. The Labute approximate surface area is 175 Å². The average Bonchev–Trinajstić information content (AvgIpc) is 3.22.